The number of aliphatic imine (C=N–C) groups is 1. The molecule has 0 aliphatic rings. The van der Waals surface area contributed by atoms with Gasteiger partial charge in [0.25, 0.3) is 0 Å². The molecule has 10 heteroatoms. The zero-order valence-corrected chi connectivity index (χ0v) is 18.0. The lowest BCUT2D eigenvalue weighted by Gasteiger charge is -2.11. The van der Waals surface area contributed by atoms with Crippen molar-refractivity contribution >= 4 is 50.5 Å². The first-order valence-electron chi connectivity index (χ1n) is 8.37. The van der Waals surface area contributed by atoms with Crippen molar-refractivity contribution in [2.45, 2.75) is 30.5 Å². The summed E-state index contributed by atoms with van der Waals surface area (Å²) >= 11 is 13.2. The van der Waals surface area contributed by atoms with Gasteiger partial charge in [0.05, 0.1) is 6.54 Å². The molecule has 2 aromatic rings. The van der Waals surface area contributed by atoms with Crippen LogP contribution in [0.3, 0.4) is 0 Å². The van der Waals surface area contributed by atoms with Crippen LogP contribution in [0.15, 0.2) is 39.5 Å². The van der Waals surface area contributed by atoms with Crippen LogP contribution in [0.5, 0.6) is 0 Å². The quantitative estimate of drug-likeness (QED) is 0.327. The minimum atomic E-state index is -3.66. The number of nitrogens with two attached hydrogens (primary N) is 1. The molecular formula is C17H22Cl2N4O2S2. The van der Waals surface area contributed by atoms with Gasteiger partial charge in [-0.3, -0.25) is 0 Å². The predicted molar refractivity (Wildman–Crippen MR) is 113 cm³/mol. The van der Waals surface area contributed by atoms with E-state index in [0.29, 0.717) is 22.5 Å². The third kappa shape index (κ3) is 7.31. The van der Waals surface area contributed by atoms with Crippen molar-refractivity contribution < 1.29 is 8.42 Å². The molecule has 27 heavy (non-hydrogen) atoms. The van der Waals surface area contributed by atoms with Crippen LogP contribution in [0, 0.1) is 0 Å². The first-order valence-corrected chi connectivity index (χ1v) is 11.5. The standard InChI is InChI=1S/C17H22Cl2N4O2S2/c1-2-21-17(23-11-14-7-8-16(26-14)27(20,24)25)22-9-3-4-12-5-6-13(18)10-15(12)19/h5-8,10H,2-4,9,11H2,1H3,(H2,20,24,25)(H2,21,22,23). The summed E-state index contributed by atoms with van der Waals surface area (Å²) in [6, 6.07) is 8.73. The Kier molecular flexibility index (Phi) is 8.37. The number of guanidine groups is 1. The summed E-state index contributed by atoms with van der Waals surface area (Å²) in [7, 11) is -3.66. The van der Waals surface area contributed by atoms with Crippen LogP contribution in [-0.2, 0) is 23.0 Å². The van der Waals surface area contributed by atoms with Crippen LogP contribution in [0.4, 0.5) is 0 Å². The topological polar surface area (TPSA) is 96.6 Å². The molecule has 0 saturated heterocycles. The van der Waals surface area contributed by atoms with E-state index < -0.39 is 10.0 Å². The second kappa shape index (κ2) is 10.3. The maximum atomic E-state index is 11.3. The van der Waals surface area contributed by atoms with Gasteiger partial charge in [-0.1, -0.05) is 29.3 Å². The highest BCUT2D eigenvalue weighted by atomic mass is 35.5. The van der Waals surface area contributed by atoms with Crippen molar-refractivity contribution in [3.8, 4) is 0 Å². The largest absolute Gasteiger partial charge is 0.357 e. The fraction of sp³-hybridized carbons (Fsp3) is 0.353. The summed E-state index contributed by atoms with van der Waals surface area (Å²) < 4.78 is 22.8. The van der Waals surface area contributed by atoms with Crippen LogP contribution in [0.25, 0.3) is 0 Å². The number of halogens is 2. The van der Waals surface area contributed by atoms with E-state index in [1.165, 1.54) is 6.07 Å². The van der Waals surface area contributed by atoms with E-state index in [0.717, 1.165) is 47.7 Å². The van der Waals surface area contributed by atoms with Gasteiger partial charge in [0, 0.05) is 28.0 Å². The smallest absolute Gasteiger partial charge is 0.247 e. The Labute approximate surface area is 173 Å². The summed E-state index contributed by atoms with van der Waals surface area (Å²) in [5.74, 6) is 0.672. The monoisotopic (exact) mass is 448 g/mol. The zero-order chi connectivity index (χ0) is 19.9. The molecule has 0 fully saturated rings. The number of nitrogens with one attached hydrogen (secondary N) is 2. The Hall–Kier alpha value is -1.32. The molecule has 0 saturated carbocycles. The first kappa shape index (κ1) is 22.0. The molecule has 0 unspecified atom stereocenters. The maximum Gasteiger partial charge on any atom is 0.247 e. The van der Waals surface area contributed by atoms with Crippen molar-refractivity contribution in [3.63, 3.8) is 0 Å². The minimum absolute atomic E-state index is 0.144. The van der Waals surface area contributed by atoms with Crippen molar-refractivity contribution in [1.29, 1.82) is 0 Å². The maximum absolute atomic E-state index is 11.3. The van der Waals surface area contributed by atoms with E-state index in [4.69, 9.17) is 28.3 Å². The summed E-state index contributed by atoms with van der Waals surface area (Å²) in [6.07, 6.45) is 1.70. The van der Waals surface area contributed by atoms with Crippen molar-refractivity contribution in [2.24, 2.45) is 10.1 Å². The van der Waals surface area contributed by atoms with Gasteiger partial charge in [0.2, 0.25) is 10.0 Å². The molecule has 0 spiro atoms. The van der Waals surface area contributed by atoms with Crippen LogP contribution >= 0.6 is 34.5 Å². The van der Waals surface area contributed by atoms with E-state index >= 15 is 0 Å². The molecule has 0 aliphatic heterocycles. The average molecular weight is 449 g/mol. The molecule has 0 amide bonds. The molecule has 0 aliphatic carbocycles. The van der Waals surface area contributed by atoms with E-state index in [2.05, 4.69) is 15.6 Å². The Balaban J connectivity index is 1.87. The van der Waals surface area contributed by atoms with Gasteiger partial charge in [-0.05, 0) is 49.6 Å². The number of aryl methyl sites for hydroxylation is 1. The number of sulfonamides is 1. The van der Waals surface area contributed by atoms with Crippen LogP contribution in [-0.4, -0.2) is 27.5 Å². The molecule has 1 heterocycles. The fourth-order valence-corrected chi connectivity index (χ4v) is 4.51. The van der Waals surface area contributed by atoms with Crippen LogP contribution in [0.2, 0.25) is 10.0 Å². The normalized spacial score (nSPS) is 12.2. The summed E-state index contributed by atoms with van der Waals surface area (Å²) in [5.41, 5.74) is 1.05. The lowest BCUT2D eigenvalue weighted by atomic mass is 10.1. The van der Waals surface area contributed by atoms with Crippen molar-refractivity contribution in [1.82, 2.24) is 10.6 Å². The molecule has 1 aromatic heterocycles. The molecule has 6 nitrogen and oxygen atoms in total. The van der Waals surface area contributed by atoms with E-state index in [1.807, 2.05) is 19.1 Å². The molecule has 1 aromatic carbocycles. The lowest BCUT2D eigenvalue weighted by molar-refractivity contribution is 0.600. The Morgan fingerprint density at radius 2 is 2.00 bits per heavy atom. The fourth-order valence-electron chi connectivity index (χ4n) is 2.30. The lowest BCUT2D eigenvalue weighted by Crippen LogP contribution is -2.37. The molecule has 0 atom stereocenters. The van der Waals surface area contributed by atoms with E-state index in [9.17, 15) is 8.42 Å². The average Bonchev–Trinajstić information content (AvgIpc) is 3.07. The summed E-state index contributed by atoms with van der Waals surface area (Å²) in [4.78, 5) is 5.30. The van der Waals surface area contributed by atoms with Gasteiger partial charge < -0.3 is 10.6 Å². The highest BCUT2D eigenvalue weighted by Crippen LogP contribution is 2.22. The molecule has 0 bridgehead atoms. The Morgan fingerprint density at radius 3 is 2.63 bits per heavy atom. The predicted octanol–water partition coefficient (Wildman–Crippen LogP) is 3.39. The summed E-state index contributed by atoms with van der Waals surface area (Å²) in [6.45, 7) is 3.80. The van der Waals surface area contributed by atoms with Gasteiger partial charge in [-0.15, -0.1) is 11.3 Å². The number of primary sulfonamides is 1. The molecule has 2 rings (SSSR count). The van der Waals surface area contributed by atoms with Gasteiger partial charge in [-0.2, -0.15) is 0 Å². The van der Waals surface area contributed by atoms with E-state index in [1.54, 1.807) is 12.1 Å². The number of nitrogens with zero attached hydrogens (tertiary/aromatic N) is 1. The number of rotatable bonds is 8. The van der Waals surface area contributed by atoms with Gasteiger partial charge in [0.15, 0.2) is 5.96 Å². The van der Waals surface area contributed by atoms with Gasteiger partial charge in [0.1, 0.15) is 4.21 Å². The zero-order valence-electron chi connectivity index (χ0n) is 14.8. The second-order valence-corrected chi connectivity index (χ2v) is 9.53. The van der Waals surface area contributed by atoms with Crippen molar-refractivity contribution in [2.75, 3.05) is 13.1 Å². The van der Waals surface area contributed by atoms with Crippen LogP contribution < -0.4 is 15.8 Å². The first-order chi connectivity index (χ1) is 12.8. The molecular weight excluding hydrogens is 427 g/mol. The number of thiophene rings is 1. The van der Waals surface area contributed by atoms with E-state index in [-0.39, 0.29) is 4.21 Å². The highest BCUT2D eigenvalue weighted by Gasteiger charge is 2.11. The third-order valence-electron chi connectivity index (χ3n) is 3.59. The number of hydrogen-bond acceptors (Lipinski definition) is 4. The Morgan fingerprint density at radius 1 is 1.22 bits per heavy atom. The minimum Gasteiger partial charge on any atom is -0.357 e. The number of hydrogen-bond donors (Lipinski definition) is 3. The third-order valence-corrected chi connectivity index (χ3v) is 6.68. The number of benzene rings is 1. The van der Waals surface area contributed by atoms with Gasteiger partial charge >= 0.3 is 0 Å². The molecule has 0 radical (unpaired) electrons. The Bertz CT molecular complexity index is 898. The van der Waals surface area contributed by atoms with Crippen LogP contribution in [0.1, 0.15) is 23.8 Å². The summed E-state index contributed by atoms with van der Waals surface area (Å²) in [5, 5.41) is 12.9. The molecule has 4 N–H and O–H groups in total. The van der Waals surface area contributed by atoms with Gasteiger partial charge in [-0.25, -0.2) is 18.5 Å². The highest BCUT2D eigenvalue weighted by molar-refractivity contribution is 7.91. The SMILES string of the molecule is CCNC(=NCc1ccc(S(N)(=O)=O)s1)NCCCc1ccc(Cl)cc1Cl. The molecule has 148 valence electrons. The van der Waals surface area contributed by atoms with Crippen molar-refractivity contribution in [3.05, 3.63) is 50.8 Å². The second-order valence-electron chi connectivity index (χ2n) is 5.73.